The molecule has 1 saturated carbocycles. The first-order valence-electron chi connectivity index (χ1n) is 9.63. The number of tetrazole rings is 1. The van der Waals surface area contributed by atoms with Crippen molar-refractivity contribution in [1.82, 2.24) is 25.8 Å². The molecule has 1 aliphatic carbocycles. The number of nitrogens with one attached hydrogen (secondary N) is 3. The van der Waals surface area contributed by atoms with Gasteiger partial charge in [-0.05, 0) is 54.5 Å². The monoisotopic (exact) mass is 481 g/mol. The Labute approximate surface area is 183 Å². The highest BCUT2D eigenvalue weighted by Gasteiger charge is 2.25. The van der Waals surface area contributed by atoms with Crippen molar-refractivity contribution in [1.29, 1.82) is 0 Å². The molecule has 2 aromatic carbocycles. The minimum Gasteiger partial charge on any atom is -0.355 e. The number of H-pyrrole nitrogens is 1. The number of aromatic nitrogens is 5. The van der Waals surface area contributed by atoms with Crippen molar-refractivity contribution in [2.75, 3.05) is 10.6 Å². The molecule has 10 nitrogen and oxygen atoms in total. The number of nitrogens with zero attached hydrogens (tertiary/aromatic N) is 4. The molecule has 0 radical (unpaired) electrons. The predicted molar refractivity (Wildman–Crippen MR) is 115 cm³/mol. The van der Waals surface area contributed by atoms with E-state index in [-0.39, 0.29) is 17.5 Å². The molecule has 31 heavy (non-hydrogen) atoms. The van der Waals surface area contributed by atoms with Crippen LogP contribution in [0.1, 0.15) is 29.8 Å². The van der Waals surface area contributed by atoms with Crippen molar-refractivity contribution in [3.63, 3.8) is 0 Å². The summed E-state index contributed by atoms with van der Waals surface area (Å²) in [6.45, 7) is 0. The molecule has 3 N–H and O–H groups in total. The maximum atomic E-state index is 13.0. The van der Waals surface area contributed by atoms with E-state index in [0.717, 1.165) is 23.7 Å². The molecule has 2 amide bonds. The Morgan fingerprint density at radius 1 is 1.13 bits per heavy atom. The zero-order valence-electron chi connectivity index (χ0n) is 16.1. The van der Waals surface area contributed by atoms with Gasteiger partial charge in [-0.2, -0.15) is 5.21 Å². The van der Waals surface area contributed by atoms with Crippen molar-refractivity contribution in [2.45, 2.75) is 19.3 Å². The fourth-order valence-electron chi connectivity index (χ4n) is 3.36. The molecule has 0 aliphatic heterocycles. The van der Waals surface area contributed by atoms with Gasteiger partial charge in [-0.15, -0.1) is 10.2 Å². The summed E-state index contributed by atoms with van der Waals surface area (Å²) in [6, 6.07) is 10.4. The first-order valence-corrected chi connectivity index (χ1v) is 10.4. The number of halogens is 1. The van der Waals surface area contributed by atoms with Crippen molar-refractivity contribution in [2.24, 2.45) is 5.92 Å². The molecule has 11 heteroatoms. The summed E-state index contributed by atoms with van der Waals surface area (Å²) in [5.74, 6) is -0.0783. The Kier molecular flexibility index (Phi) is 4.94. The number of aromatic amines is 1. The molecular weight excluding hydrogens is 466 g/mol. The van der Waals surface area contributed by atoms with Crippen LogP contribution >= 0.6 is 15.9 Å². The van der Waals surface area contributed by atoms with E-state index in [0.29, 0.717) is 33.7 Å². The van der Waals surface area contributed by atoms with Gasteiger partial charge in [0.1, 0.15) is 0 Å². The van der Waals surface area contributed by atoms with E-state index >= 15 is 0 Å². The Hall–Kier alpha value is -3.60. The van der Waals surface area contributed by atoms with Gasteiger partial charge in [-0.1, -0.05) is 27.5 Å². The molecule has 0 bridgehead atoms. The molecule has 2 aromatic heterocycles. The van der Waals surface area contributed by atoms with Crippen LogP contribution in [0.15, 0.2) is 45.4 Å². The lowest BCUT2D eigenvalue weighted by Gasteiger charge is -2.24. The van der Waals surface area contributed by atoms with E-state index in [4.69, 9.17) is 4.52 Å². The van der Waals surface area contributed by atoms with Crippen LogP contribution < -0.4 is 10.6 Å². The molecule has 0 saturated heterocycles. The summed E-state index contributed by atoms with van der Waals surface area (Å²) in [5, 5.41) is 24.1. The number of anilines is 2. The Morgan fingerprint density at radius 3 is 2.74 bits per heavy atom. The quantitative estimate of drug-likeness (QED) is 0.394. The number of carbonyl (C=O) groups is 2. The topological polar surface area (TPSA) is 139 Å². The second-order valence-electron chi connectivity index (χ2n) is 7.24. The average Bonchev–Trinajstić information content (AvgIpc) is 3.37. The van der Waals surface area contributed by atoms with Gasteiger partial charge in [-0.3, -0.25) is 9.59 Å². The van der Waals surface area contributed by atoms with Crippen LogP contribution in [0.25, 0.3) is 22.4 Å². The highest BCUT2D eigenvalue weighted by molar-refractivity contribution is 9.10. The van der Waals surface area contributed by atoms with Crippen LogP contribution in [0.2, 0.25) is 0 Å². The van der Waals surface area contributed by atoms with E-state index < -0.39 is 5.91 Å². The van der Waals surface area contributed by atoms with Gasteiger partial charge in [0.25, 0.3) is 5.91 Å². The van der Waals surface area contributed by atoms with Crippen LogP contribution in [-0.2, 0) is 4.79 Å². The van der Waals surface area contributed by atoms with Gasteiger partial charge in [0.2, 0.25) is 11.7 Å². The van der Waals surface area contributed by atoms with Gasteiger partial charge in [0.15, 0.2) is 11.3 Å². The Balaban J connectivity index is 1.43. The van der Waals surface area contributed by atoms with Crippen molar-refractivity contribution in [3.8, 4) is 11.4 Å². The van der Waals surface area contributed by atoms with Crippen molar-refractivity contribution < 1.29 is 14.1 Å². The van der Waals surface area contributed by atoms with E-state index in [9.17, 15) is 9.59 Å². The van der Waals surface area contributed by atoms with Crippen LogP contribution in [0.4, 0.5) is 11.4 Å². The predicted octanol–water partition coefficient (Wildman–Crippen LogP) is 3.76. The Morgan fingerprint density at radius 2 is 2.00 bits per heavy atom. The number of hydrogen-bond donors (Lipinski definition) is 3. The van der Waals surface area contributed by atoms with E-state index in [1.165, 1.54) is 0 Å². The van der Waals surface area contributed by atoms with E-state index in [1.54, 1.807) is 36.4 Å². The highest BCUT2D eigenvalue weighted by atomic mass is 79.9. The normalized spacial score (nSPS) is 13.7. The van der Waals surface area contributed by atoms with Gasteiger partial charge in [0, 0.05) is 21.6 Å². The standard InChI is InChI=1S/C20H16BrN7O3/c21-11-4-6-15(13(8-11)18-24-27-28-25-18)23-20(30)17-14-9-12(5-7-16(14)31-26-17)22-19(29)10-2-1-3-10/h4-10H,1-3H2,(H,22,29)(H,23,30)(H,24,25,27,28). The number of rotatable bonds is 5. The number of carbonyl (C=O) groups excluding carboxylic acids is 2. The smallest absolute Gasteiger partial charge is 0.278 e. The second-order valence-corrected chi connectivity index (χ2v) is 8.15. The fourth-order valence-corrected chi connectivity index (χ4v) is 3.72. The molecule has 5 rings (SSSR count). The molecule has 2 heterocycles. The SMILES string of the molecule is O=C(Nc1ccc(Br)cc1-c1nn[nH]n1)c1noc2ccc(NC(=O)C3CCC3)cc12. The number of fused-ring (bicyclic) bond motifs is 1. The molecule has 0 atom stereocenters. The zero-order valence-corrected chi connectivity index (χ0v) is 17.6. The lowest BCUT2D eigenvalue weighted by molar-refractivity contribution is -0.122. The van der Waals surface area contributed by atoms with Crippen LogP contribution in [0, 0.1) is 5.92 Å². The fraction of sp³-hybridized carbons (Fsp3) is 0.200. The minimum absolute atomic E-state index is 0.00679. The van der Waals surface area contributed by atoms with E-state index in [1.807, 2.05) is 0 Å². The summed E-state index contributed by atoms with van der Waals surface area (Å²) >= 11 is 3.41. The molecule has 1 aliphatic rings. The van der Waals surface area contributed by atoms with Crippen LogP contribution in [-0.4, -0.2) is 37.6 Å². The number of amides is 2. The lowest BCUT2D eigenvalue weighted by Crippen LogP contribution is -2.27. The summed E-state index contributed by atoms with van der Waals surface area (Å²) in [7, 11) is 0. The average molecular weight is 482 g/mol. The van der Waals surface area contributed by atoms with Crippen molar-refractivity contribution >= 4 is 50.1 Å². The Bertz CT molecular complexity index is 1280. The first-order chi connectivity index (χ1) is 15.1. The summed E-state index contributed by atoms with van der Waals surface area (Å²) in [4.78, 5) is 25.2. The first kappa shape index (κ1) is 19.4. The van der Waals surface area contributed by atoms with E-state index in [2.05, 4.69) is 52.3 Å². The zero-order chi connectivity index (χ0) is 21.4. The third-order valence-corrected chi connectivity index (χ3v) is 5.74. The van der Waals surface area contributed by atoms with Crippen LogP contribution in [0.5, 0.6) is 0 Å². The minimum atomic E-state index is -0.465. The van der Waals surface area contributed by atoms with Crippen LogP contribution in [0.3, 0.4) is 0 Å². The van der Waals surface area contributed by atoms with Gasteiger partial charge < -0.3 is 15.2 Å². The van der Waals surface area contributed by atoms with Crippen molar-refractivity contribution in [3.05, 3.63) is 46.6 Å². The van der Waals surface area contributed by atoms with Gasteiger partial charge in [-0.25, -0.2) is 0 Å². The maximum Gasteiger partial charge on any atom is 0.278 e. The third kappa shape index (κ3) is 3.79. The third-order valence-electron chi connectivity index (χ3n) is 5.24. The molecule has 0 spiro atoms. The van der Waals surface area contributed by atoms with Gasteiger partial charge in [0.05, 0.1) is 11.1 Å². The molecule has 4 aromatic rings. The molecule has 156 valence electrons. The second kappa shape index (κ2) is 7.91. The molecular formula is C20H16BrN7O3. The summed E-state index contributed by atoms with van der Waals surface area (Å²) in [6.07, 6.45) is 2.89. The summed E-state index contributed by atoms with van der Waals surface area (Å²) < 4.78 is 6.09. The number of hydrogen-bond acceptors (Lipinski definition) is 7. The van der Waals surface area contributed by atoms with Gasteiger partial charge >= 0.3 is 0 Å². The highest BCUT2D eigenvalue weighted by Crippen LogP contribution is 2.31. The lowest BCUT2D eigenvalue weighted by atomic mass is 9.85. The molecule has 1 fully saturated rings. The summed E-state index contributed by atoms with van der Waals surface area (Å²) in [5.41, 5.74) is 2.22. The largest absolute Gasteiger partial charge is 0.355 e. The molecule has 0 unspecified atom stereocenters. The maximum absolute atomic E-state index is 13.0. The number of benzene rings is 2.